The molecular weight excluding hydrogens is 256 g/mol. The van der Waals surface area contributed by atoms with Gasteiger partial charge in [-0.1, -0.05) is 6.92 Å². The molecule has 0 aromatic heterocycles. The fourth-order valence-electron chi connectivity index (χ4n) is 1.92. The van der Waals surface area contributed by atoms with E-state index in [4.69, 9.17) is 9.47 Å². The third-order valence-corrected chi connectivity index (χ3v) is 4.04. The first-order chi connectivity index (χ1) is 8.43. The molecule has 0 saturated carbocycles. The average Bonchev–Trinajstić information content (AvgIpc) is 2.73. The van der Waals surface area contributed by atoms with Crippen molar-refractivity contribution in [3.63, 3.8) is 0 Å². The summed E-state index contributed by atoms with van der Waals surface area (Å²) in [5.41, 5.74) is 0.592. The second-order valence-electron chi connectivity index (χ2n) is 4.32. The third kappa shape index (κ3) is 2.33. The number of benzene rings is 1. The molecule has 5 nitrogen and oxygen atoms in total. The SMILES string of the molecule is CC(CC=O)c1cc2c(cc1S(C)(=O)=O)OCO2. The number of aldehydes is 1. The van der Waals surface area contributed by atoms with Crippen molar-refractivity contribution in [3.8, 4) is 11.5 Å². The van der Waals surface area contributed by atoms with Crippen LogP contribution in [-0.2, 0) is 14.6 Å². The minimum Gasteiger partial charge on any atom is -0.454 e. The van der Waals surface area contributed by atoms with Crippen molar-refractivity contribution in [2.24, 2.45) is 0 Å². The van der Waals surface area contributed by atoms with Crippen LogP contribution in [0.5, 0.6) is 11.5 Å². The maximum atomic E-state index is 11.8. The number of rotatable bonds is 4. The van der Waals surface area contributed by atoms with Crippen LogP contribution in [-0.4, -0.2) is 27.8 Å². The van der Waals surface area contributed by atoms with Gasteiger partial charge in [-0.25, -0.2) is 8.42 Å². The Morgan fingerprint density at radius 2 is 1.94 bits per heavy atom. The van der Waals surface area contributed by atoms with Gasteiger partial charge in [0.15, 0.2) is 21.3 Å². The fourth-order valence-corrected chi connectivity index (χ4v) is 2.93. The molecule has 0 amide bonds. The van der Waals surface area contributed by atoms with Gasteiger partial charge in [-0.2, -0.15) is 0 Å². The van der Waals surface area contributed by atoms with E-state index in [1.165, 1.54) is 6.07 Å². The topological polar surface area (TPSA) is 69.7 Å². The lowest BCUT2D eigenvalue weighted by Gasteiger charge is -2.14. The van der Waals surface area contributed by atoms with Gasteiger partial charge in [-0.05, 0) is 17.5 Å². The zero-order valence-electron chi connectivity index (χ0n) is 10.2. The first kappa shape index (κ1) is 12.9. The highest BCUT2D eigenvalue weighted by Crippen LogP contribution is 2.39. The third-order valence-electron chi connectivity index (χ3n) is 2.89. The number of fused-ring (bicyclic) bond motifs is 1. The maximum Gasteiger partial charge on any atom is 0.231 e. The van der Waals surface area contributed by atoms with Crippen molar-refractivity contribution in [1.29, 1.82) is 0 Å². The molecule has 1 aromatic carbocycles. The van der Waals surface area contributed by atoms with E-state index in [1.807, 2.05) is 0 Å². The zero-order chi connectivity index (χ0) is 13.3. The number of sulfone groups is 1. The van der Waals surface area contributed by atoms with E-state index in [2.05, 4.69) is 0 Å². The molecule has 1 aromatic rings. The largest absolute Gasteiger partial charge is 0.454 e. The van der Waals surface area contributed by atoms with Crippen LogP contribution >= 0.6 is 0 Å². The molecule has 1 unspecified atom stereocenters. The first-order valence-corrected chi connectivity index (χ1v) is 7.40. The number of carbonyl (C=O) groups is 1. The number of hydrogen-bond acceptors (Lipinski definition) is 5. The standard InChI is InChI=1S/C12H14O5S/c1-8(3-4-13)9-5-10-11(17-7-16-10)6-12(9)18(2,14)15/h4-6,8H,3,7H2,1-2H3. The van der Waals surface area contributed by atoms with Crippen LogP contribution in [0.2, 0.25) is 0 Å². The molecule has 0 radical (unpaired) electrons. The minimum atomic E-state index is -3.37. The Balaban J connectivity index is 2.59. The Bertz CT molecular complexity index is 576. The molecule has 98 valence electrons. The van der Waals surface area contributed by atoms with Crippen molar-refractivity contribution >= 4 is 16.1 Å². The van der Waals surface area contributed by atoms with Crippen LogP contribution in [0.3, 0.4) is 0 Å². The molecule has 0 aliphatic carbocycles. The van der Waals surface area contributed by atoms with Crippen molar-refractivity contribution < 1.29 is 22.7 Å². The van der Waals surface area contributed by atoms with Crippen LogP contribution in [0, 0.1) is 0 Å². The molecule has 0 fully saturated rings. The summed E-state index contributed by atoms with van der Waals surface area (Å²) in [7, 11) is -3.37. The summed E-state index contributed by atoms with van der Waals surface area (Å²) < 4.78 is 34.0. The Hall–Kier alpha value is -1.56. The summed E-state index contributed by atoms with van der Waals surface area (Å²) >= 11 is 0. The number of ether oxygens (including phenoxy) is 2. The van der Waals surface area contributed by atoms with Crippen LogP contribution in [0.15, 0.2) is 17.0 Å². The average molecular weight is 270 g/mol. The van der Waals surface area contributed by atoms with Gasteiger partial charge in [0.1, 0.15) is 6.29 Å². The lowest BCUT2D eigenvalue weighted by molar-refractivity contribution is -0.108. The maximum absolute atomic E-state index is 11.8. The summed E-state index contributed by atoms with van der Waals surface area (Å²) in [4.78, 5) is 10.8. The highest BCUT2D eigenvalue weighted by atomic mass is 32.2. The lowest BCUT2D eigenvalue weighted by Crippen LogP contribution is -2.06. The molecule has 2 rings (SSSR count). The lowest BCUT2D eigenvalue weighted by atomic mass is 9.98. The van der Waals surface area contributed by atoms with E-state index in [9.17, 15) is 13.2 Å². The smallest absolute Gasteiger partial charge is 0.231 e. The van der Waals surface area contributed by atoms with Gasteiger partial charge in [0.05, 0.1) is 4.90 Å². The summed E-state index contributed by atoms with van der Waals surface area (Å²) in [6.07, 6.45) is 2.19. The first-order valence-electron chi connectivity index (χ1n) is 5.50. The Kier molecular flexibility index (Phi) is 3.30. The summed E-state index contributed by atoms with van der Waals surface area (Å²) in [5.74, 6) is 0.773. The summed E-state index contributed by atoms with van der Waals surface area (Å²) in [6, 6.07) is 3.11. The van der Waals surface area contributed by atoms with Crippen molar-refractivity contribution in [2.45, 2.75) is 24.2 Å². The normalized spacial score (nSPS) is 15.4. The molecule has 0 bridgehead atoms. The van der Waals surface area contributed by atoms with Gasteiger partial charge in [-0.3, -0.25) is 0 Å². The monoisotopic (exact) mass is 270 g/mol. The Morgan fingerprint density at radius 1 is 1.33 bits per heavy atom. The van der Waals surface area contributed by atoms with E-state index in [-0.39, 0.29) is 24.0 Å². The molecule has 6 heteroatoms. The quantitative estimate of drug-likeness (QED) is 0.776. The van der Waals surface area contributed by atoms with Crippen LogP contribution in [0.4, 0.5) is 0 Å². The zero-order valence-corrected chi connectivity index (χ0v) is 11.0. The molecule has 0 saturated heterocycles. The van der Waals surface area contributed by atoms with Gasteiger partial charge < -0.3 is 14.3 Å². The van der Waals surface area contributed by atoms with E-state index in [0.717, 1.165) is 12.5 Å². The predicted molar refractivity (Wildman–Crippen MR) is 64.8 cm³/mol. The molecule has 0 spiro atoms. The molecule has 1 aliphatic rings. The van der Waals surface area contributed by atoms with Gasteiger partial charge in [0, 0.05) is 18.7 Å². The highest BCUT2D eigenvalue weighted by molar-refractivity contribution is 7.90. The Labute approximate surface area is 106 Å². The molecular formula is C12H14O5S. The number of carbonyl (C=O) groups excluding carboxylic acids is 1. The van der Waals surface area contributed by atoms with Crippen molar-refractivity contribution in [1.82, 2.24) is 0 Å². The van der Waals surface area contributed by atoms with Crippen molar-refractivity contribution in [2.75, 3.05) is 13.0 Å². The second-order valence-corrected chi connectivity index (χ2v) is 6.30. The second kappa shape index (κ2) is 4.61. The van der Waals surface area contributed by atoms with E-state index >= 15 is 0 Å². The Morgan fingerprint density at radius 3 is 2.50 bits per heavy atom. The van der Waals surface area contributed by atoms with Crippen LogP contribution < -0.4 is 9.47 Å². The van der Waals surface area contributed by atoms with E-state index < -0.39 is 9.84 Å². The number of hydrogen-bond donors (Lipinski definition) is 0. The van der Waals surface area contributed by atoms with Crippen molar-refractivity contribution in [3.05, 3.63) is 17.7 Å². The van der Waals surface area contributed by atoms with Gasteiger partial charge in [-0.15, -0.1) is 0 Å². The van der Waals surface area contributed by atoms with Crippen LogP contribution in [0.1, 0.15) is 24.8 Å². The molecule has 1 atom stereocenters. The van der Waals surface area contributed by atoms with E-state index in [0.29, 0.717) is 17.1 Å². The van der Waals surface area contributed by atoms with E-state index in [1.54, 1.807) is 13.0 Å². The molecule has 1 aliphatic heterocycles. The highest BCUT2D eigenvalue weighted by Gasteiger charge is 2.24. The van der Waals surface area contributed by atoms with Gasteiger partial charge in [0.25, 0.3) is 0 Å². The molecule has 0 N–H and O–H groups in total. The minimum absolute atomic E-state index is 0.0874. The fraction of sp³-hybridized carbons (Fsp3) is 0.417. The van der Waals surface area contributed by atoms with Gasteiger partial charge >= 0.3 is 0 Å². The molecule has 1 heterocycles. The molecule has 18 heavy (non-hydrogen) atoms. The summed E-state index contributed by atoms with van der Waals surface area (Å²) in [6.45, 7) is 1.89. The summed E-state index contributed by atoms with van der Waals surface area (Å²) in [5, 5.41) is 0. The van der Waals surface area contributed by atoms with Gasteiger partial charge in [0.2, 0.25) is 6.79 Å². The predicted octanol–water partition coefficient (Wildman–Crippen LogP) is 1.51. The van der Waals surface area contributed by atoms with Crippen LogP contribution in [0.25, 0.3) is 0 Å².